The van der Waals surface area contributed by atoms with Gasteiger partial charge in [-0.3, -0.25) is 4.98 Å². The topological polar surface area (TPSA) is 56.7 Å². The van der Waals surface area contributed by atoms with Crippen molar-refractivity contribution in [3.8, 4) is 28.3 Å². The van der Waals surface area contributed by atoms with Gasteiger partial charge in [-0.15, -0.1) is 18.2 Å². The Morgan fingerprint density at radius 3 is 2.26 bits per heavy atom. The summed E-state index contributed by atoms with van der Waals surface area (Å²) in [6.07, 6.45) is 1.95. The van der Waals surface area contributed by atoms with Crippen LogP contribution in [0.25, 0.3) is 61.4 Å². The van der Waals surface area contributed by atoms with Crippen molar-refractivity contribution < 1.29 is 28.6 Å². The second-order valence-electron chi connectivity index (χ2n) is 13.7. The van der Waals surface area contributed by atoms with Gasteiger partial charge in [0.1, 0.15) is 0 Å². The molecule has 0 atom stereocenters. The quantitative estimate of drug-likeness (QED) is 0.130. The van der Waals surface area contributed by atoms with Gasteiger partial charge in [-0.2, -0.15) is 0 Å². The number of imidazole rings is 1. The Morgan fingerprint density at radius 1 is 0.800 bits per heavy atom. The monoisotopic (exact) mass is 898 g/mol. The molecular formula is C43H40GeIrN4O-2. The Labute approximate surface area is 314 Å². The molecule has 0 fully saturated rings. The largest absolute Gasteiger partial charge is 0 e. The van der Waals surface area contributed by atoms with Crippen LogP contribution in [0.5, 0.6) is 0 Å². The SMILES string of the molecule is Cc1cc(C)c(-n2c(-c3[c-]ccc4c3oc3nc(C)ccc34)nc3ccccc32)c(C)c1.[2H]C([2H])([2H])c1c[c-]c(-c2cc[c]([Ge]([CH3])([CH3])[CH3])cn2)cc1.[Ir]. The maximum Gasteiger partial charge on any atom is 0 e. The fraction of sp³-hybridized carbons (Fsp3) is 0.186. The molecule has 0 aliphatic carbocycles. The fourth-order valence-electron chi connectivity index (χ4n) is 6.41. The molecule has 253 valence electrons. The van der Waals surface area contributed by atoms with Crippen molar-refractivity contribution in [1.82, 2.24) is 19.5 Å². The maximum atomic E-state index is 7.35. The third-order valence-electron chi connectivity index (χ3n) is 8.80. The fourth-order valence-corrected chi connectivity index (χ4v) is 8.58. The van der Waals surface area contributed by atoms with Gasteiger partial charge in [0.05, 0.1) is 22.4 Å². The van der Waals surface area contributed by atoms with Crippen LogP contribution in [0.3, 0.4) is 0 Å². The Morgan fingerprint density at radius 2 is 1.58 bits per heavy atom. The third-order valence-corrected chi connectivity index (χ3v) is 13.1. The summed E-state index contributed by atoms with van der Waals surface area (Å²) in [6.45, 7) is 6.35. The predicted octanol–water partition coefficient (Wildman–Crippen LogP) is 10.4. The number of benzene rings is 4. The molecule has 4 aromatic heterocycles. The molecule has 0 saturated heterocycles. The summed E-state index contributed by atoms with van der Waals surface area (Å²) in [5.41, 5.74) is 12.0. The second-order valence-corrected chi connectivity index (χ2v) is 24.3. The van der Waals surface area contributed by atoms with E-state index in [-0.39, 0.29) is 20.1 Å². The van der Waals surface area contributed by atoms with E-state index in [0.717, 1.165) is 61.4 Å². The number of furan rings is 1. The molecule has 5 nitrogen and oxygen atoms in total. The van der Waals surface area contributed by atoms with Gasteiger partial charge in [0.25, 0.3) is 0 Å². The molecule has 0 aliphatic rings. The number of fused-ring (bicyclic) bond motifs is 4. The maximum absolute atomic E-state index is 7.35. The number of aryl methyl sites for hydroxylation is 5. The summed E-state index contributed by atoms with van der Waals surface area (Å²) in [4.78, 5) is 14.1. The van der Waals surface area contributed by atoms with E-state index < -0.39 is 20.1 Å². The first-order valence-corrected chi connectivity index (χ1v) is 23.8. The molecule has 0 unspecified atom stereocenters. The first-order valence-electron chi connectivity index (χ1n) is 17.9. The van der Waals surface area contributed by atoms with Crippen LogP contribution in [0.4, 0.5) is 0 Å². The van der Waals surface area contributed by atoms with Gasteiger partial charge in [0, 0.05) is 36.9 Å². The Balaban J connectivity index is 0.000000199. The van der Waals surface area contributed by atoms with Crippen molar-refractivity contribution >= 4 is 50.8 Å². The molecule has 4 heterocycles. The van der Waals surface area contributed by atoms with Crippen LogP contribution < -0.4 is 4.40 Å². The van der Waals surface area contributed by atoms with Crippen molar-refractivity contribution in [1.29, 1.82) is 0 Å². The zero-order chi connectivity index (χ0) is 36.9. The molecule has 0 aliphatic heterocycles. The van der Waals surface area contributed by atoms with E-state index in [9.17, 15) is 0 Å². The molecule has 7 heteroatoms. The van der Waals surface area contributed by atoms with Crippen molar-refractivity contribution in [2.45, 2.75) is 51.8 Å². The van der Waals surface area contributed by atoms with E-state index >= 15 is 0 Å². The molecule has 4 aromatic carbocycles. The summed E-state index contributed by atoms with van der Waals surface area (Å²) in [7, 11) is 0. The van der Waals surface area contributed by atoms with Gasteiger partial charge in [0.15, 0.2) is 0 Å². The van der Waals surface area contributed by atoms with Crippen LogP contribution in [0.2, 0.25) is 17.3 Å². The van der Waals surface area contributed by atoms with E-state index in [1.54, 1.807) is 12.1 Å². The molecule has 1 radical (unpaired) electrons. The molecule has 8 aromatic rings. The molecule has 0 spiro atoms. The minimum Gasteiger partial charge on any atom is 0 e. The van der Waals surface area contributed by atoms with Gasteiger partial charge in [0.2, 0.25) is 5.71 Å². The van der Waals surface area contributed by atoms with Crippen LogP contribution in [0.1, 0.15) is 32.1 Å². The predicted molar refractivity (Wildman–Crippen MR) is 206 cm³/mol. The average Bonchev–Trinajstić information content (AvgIpc) is 3.66. The smallest absolute Gasteiger partial charge is 0 e. The van der Waals surface area contributed by atoms with Gasteiger partial charge in [-0.1, -0.05) is 40.8 Å². The third kappa shape index (κ3) is 6.85. The number of pyridine rings is 2. The van der Waals surface area contributed by atoms with Crippen molar-refractivity contribution in [3.05, 3.63) is 137 Å². The van der Waals surface area contributed by atoms with Crippen LogP contribution in [0, 0.1) is 46.7 Å². The molecule has 0 N–H and O–H groups in total. The number of hydrogen-bond acceptors (Lipinski definition) is 4. The summed E-state index contributed by atoms with van der Waals surface area (Å²) >= 11 is -1.83. The Bertz CT molecular complexity index is 2510. The van der Waals surface area contributed by atoms with Gasteiger partial charge in [-0.05, 0) is 63.1 Å². The van der Waals surface area contributed by atoms with Crippen LogP contribution in [-0.2, 0) is 20.1 Å². The molecule has 0 amide bonds. The van der Waals surface area contributed by atoms with Crippen molar-refractivity contribution in [2.24, 2.45) is 0 Å². The molecule has 8 rings (SSSR count). The zero-order valence-corrected chi connectivity index (χ0v) is 33.8. The standard InChI is InChI=1S/C28H22N3O.C15H18GeN.Ir/c1-16-14-17(2)25(18(3)15-16)31-24-11-6-5-10-23(24)30-27(31)22-9-7-8-20-21-13-12-19(4)29-28(21)32-26(20)22;1-12-5-7-13(8-6-12)15-10-9-14(11-17-15)16(2,3)4;/h5-8,10-15H,1-4H3;5-7,9-11H,1-4H3;/q2*-1;/i;1D3;. The first-order chi connectivity index (χ1) is 24.7. The zero-order valence-electron chi connectivity index (χ0n) is 32.3. The van der Waals surface area contributed by atoms with Crippen LogP contribution in [0.15, 0.2) is 102 Å². The summed E-state index contributed by atoms with van der Waals surface area (Å²) in [6, 6.07) is 36.2. The Kier molecular flexibility index (Phi) is 8.92. The second kappa shape index (κ2) is 14.1. The Hall–Kier alpha value is -4.36. The average molecular weight is 897 g/mol. The van der Waals surface area contributed by atoms with Crippen molar-refractivity contribution in [2.75, 3.05) is 0 Å². The van der Waals surface area contributed by atoms with E-state index in [1.807, 2.05) is 43.5 Å². The van der Waals surface area contributed by atoms with E-state index in [1.165, 1.54) is 27.2 Å². The molecule has 0 saturated carbocycles. The van der Waals surface area contributed by atoms with Gasteiger partial charge >= 0.3 is 110 Å². The summed E-state index contributed by atoms with van der Waals surface area (Å²) in [5.74, 6) is 7.80. The van der Waals surface area contributed by atoms with Crippen molar-refractivity contribution in [3.63, 3.8) is 0 Å². The molecular weight excluding hydrogens is 853 g/mol. The summed E-state index contributed by atoms with van der Waals surface area (Å²) < 4.78 is 31.9. The number of rotatable bonds is 4. The normalized spacial score (nSPS) is 12.6. The minimum absolute atomic E-state index is 0. The number of para-hydroxylation sites is 2. The van der Waals surface area contributed by atoms with Crippen LogP contribution in [-0.4, -0.2) is 32.8 Å². The first kappa shape index (κ1) is 31.6. The van der Waals surface area contributed by atoms with E-state index in [4.69, 9.17) is 13.5 Å². The number of nitrogens with zero attached hydrogens (tertiary/aromatic N) is 4. The minimum atomic E-state index is -2.08. The number of aromatic nitrogens is 4. The molecule has 50 heavy (non-hydrogen) atoms. The van der Waals surface area contributed by atoms with Crippen LogP contribution >= 0.6 is 0 Å². The van der Waals surface area contributed by atoms with Gasteiger partial charge in [-0.25, -0.2) is 4.98 Å². The van der Waals surface area contributed by atoms with E-state index in [2.05, 4.69) is 107 Å². The summed E-state index contributed by atoms with van der Waals surface area (Å²) in [5, 5.41) is 2.03. The molecule has 0 bridgehead atoms. The number of hydrogen-bond donors (Lipinski definition) is 0. The van der Waals surface area contributed by atoms with Gasteiger partial charge < -0.3 is 8.98 Å². The van der Waals surface area contributed by atoms with E-state index in [0.29, 0.717) is 11.3 Å².